The number of carbonyl (C=O) groups excluding carboxylic acids is 2. The van der Waals surface area contributed by atoms with Crippen LogP contribution >= 0.6 is 0 Å². The zero-order chi connectivity index (χ0) is 27.9. The molecule has 1 saturated heterocycles. The van der Waals surface area contributed by atoms with Crippen molar-refractivity contribution in [1.29, 1.82) is 5.26 Å². The highest BCUT2D eigenvalue weighted by molar-refractivity contribution is 6.14. The molecule has 2 aromatic carbocycles. The van der Waals surface area contributed by atoms with Crippen LogP contribution in [0.1, 0.15) is 18.4 Å². The van der Waals surface area contributed by atoms with Gasteiger partial charge in [-0.05, 0) is 36.8 Å². The topological polar surface area (TPSA) is 163 Å². The number of nitro benzene ring substituents is 1. The molecule has 202 valence electrons. The second kappa shape index (κ2) is 12.2. The third kappa shape index (κ3) is 6.58. The lowest BCUT2D eigenvalue weighted by Gasteiger charge is -2.30. The number of carbonyl (C=O) groups is 2. The number of esters is 2. The summed E-state index contributed by atoms with van der Waals surface area (Å²) in [5.74, 6) is -2.78. The molecular formula is C27H25N3O9. The summed E-state index contributed by atoms with van der Waals surface area (Å²) in [7, 11) is 1.14. The summed E-state index contributed by atoms with van der Waals surface area (Å²) >= 11 is 0. The van der Waals surface area contributed by atoms with Crippen LogP contribution in [-0.2, 0) is 23.8 Å². The van der Waals surface area contributed by atoms with Crippen molar-refractivity contribution in [2.45, 2.75) is 18.9 Å². The Labute approximate surface area is 223 Å². The third-order valence-electron chi connectivity index (χ3n) is 6.09. The molecule has 2 heterocycles. The number of nitrogens with zero attached hydrogens (tertiary/aromatic N) is 3. The van der Waals surface area contributed by atoms with Gasteiger partial charge in [0.1, 0.15) is 55.1 Å². The van der Waals surface area contributed by atoms with Gasteiger partial charge >= 0.3 is 11.9 Å². The fourth-order valence-corrected chi connectivity index (χ4v) is 4.15. The van der Waals surface area contributed by atoms with Gasteiger partial charge in [0.25, 0.3) is 5.69 Å². The van der Waals surface area contributed by atoms with E-state index in [2.05, 4.69) is 4.99 Å². The summed E-state index contributed by atoms with van der Waals surface area (Å²) in [6.45, 7) is 2.59. The first-order chi connectivity index (χ1) is 18.8. The second-order valence-corrected chi connectivity index (χ2v) is 8.66. The highest BCUT2D eigenvalue weighted by Gasteiger charge is 2.44. The molecule has 0 radical (unpaired) electrons. The van der Waals surface area contributed by atoms with Crippen molar-refractivity contribution in [2.24, 2.45) is 10.9 Å². The smallest absolute Gasteiger partial charge is 0.336 e. The van der Waals surface area contributed by atoms with Crippen LogP contribution in [0.15, 0.2) is 64.8 Å². The van der Waals surface area contributed by atoms with Gasteiger partial charge in [0.05, 0.1) is 24.2 Å². The van der Waals surface area contributed by atoms with Crippen molar-refractivity contribution in [2.75, 3.05) is 33.5 Å². The molecule has 0 aliphatic carbocycles. The molecule has 0 amide bonds. The van der Waals surface area contributed by atoms with E-state index >= 15 is 0 Å². The second-order valence-electron chi connectivity index (χ2n) is 8.66. The summed E-state index contributed by atoms with van der Waals surface area (Å²) in [6, 6.07) is 14.3. The number of nitro groups is 1. The number of epoxide rings is 1. The SMILES string of the molecule is COC(=O)C1C(C#N)=NC(C)=C(C(=O)OCCOc2ccc(OCC3CO3)cc2)C1c1cccc([N+](=O)[O-])c1. The minimum Gasteiger partial charge on any atom is -0.491 e. The van der Waals surface area contributed by atoms with Gasteiger partial charge in [-0.1, -0.05) is 12.1 Å². The van der Waals surface area contributed by atoms with E-state index < -0.39 is 28.7 Å². The van der Waals surface area contributed by atoms with Crippen molar-refractivity contribution in [3.8, 4) is 17.6 Å². The van der Waals surface area contributed by atoms with E-state index in [1.165, 1.54) is 31.2 Å². The van der Waals surface area contributed by atoms with Crippen LogP contribution in [0.2, 0.25) is 0 Å². The predicted molar refractivity (Wildman–Crippen MR) is 135 cm³/mol. The standard InChI is InChI=1S/C27H25N3O9/c1-16-23(27(32)37-11-10-36-19-6-8-20(9-7-19)38-14-21-15-39-21)24(17-4-3-5-18(12-17)30(33)34)25(26(31)35-2)22(13-28)29-16/h3-9,12,21,24-25H,10-11,14-15H2,1-2H3. The van der Waals surface area contributed by atoms with Gasteiger partial charge in [-0.25, -0.2) is 9.79 Å². The Morgan fingerprint density at radius 1 is 1.15 bits per heavy atom. The zero-order valence-electron chi connectivity index (χ0n) is 21.2. The lowest BCUT2D eigenvalue weighted by Crippen LogP contribution is -2.37. The lowest BCUT2D eigenvalue weighted by molar-refractivity contribution is -0.384. The number of allylic oxidation sites excluding steroid dienone is 1. The first-order valence-electron chi connectivity index (χ1n) is 12.0. The van der Waals surface area contributed by atoms with Gasteiger partial charge < -0.3 is 23.7 Å². The normalized spacial score (nSPS) is 19.8. The van der Waals surface area contributed by atoms with Crippen LogP contribution in [0.3, 0.4) is 0 Å². The van der Waals surface area contributed by atoms with Crippen LogP contribution in [0.5, 0.6) is 11.5 Å². The van der Waals surface area contributed by atoms with Crippen LogP contribution in [0.25, 0.3) is 0 Å². The Kier molecular flexibility index (Phi) is 8.53. The zero-order valence-corrected chi connectivity index (χ0v) is 21.2. The number of rotatable bonds is 11. The Balaban J connectivity index is 1.48. The Hall–Kier alpha value is -4.76. The number of ether oxygens (including phenoxy) is 5. The number of hydrogen-bond donors (Lipinski definition) is 0. The number of nitriles is 1. The minimum absolute atomic E-state index is 0.00829. The molecular weight excluding hydrogens is 510 g/mol. The van der Waals surface area contributed by atoms with Crippen molar-refractivity contribution < 1.29 is 38.2 Å². The number of aliphatic imine (C=N–C) groups is 1. The summed E-state index contributed by atoms with van der Waals surface area (Å²) < 4.78 is 26.6. The van der Waals surface area contributed by atoms with Crippen LogP contribution in [0.4, 0.5) is 5.69 Å². The Morgan fingerprint density at radius 3 is 2.46 bits per heavy atom. The molecule has 0 bridgehead atoms. The third-order valence-corrected chi connectivity index (χ3v) is 6.09. The van der Waals surface area contributed by atoms with E-state index in [0.29, 0.717) is 24.7 Å². The fraction of sp³-hybridized carbons (Fsp3) is 0.333. The van der Waals surface area contributed by atoms with E-state index in [1.54, 1.807) is 24.3 Å². The maximum absolute atomic E-state index is 13.2. The average Bonchev–Trinajstić information content (AvgIpc) is 3.78. The molecule has 2 aromatic rings. The molecule has 0 aromatic heterocycles. The summed E-state index contributed by atoms with van der Waals surface area (Å²) in [6.07, 6.45) is 0.148. The molecule has 39 heavy (non-hydrogen) atoms. The molecule has 4 rings (SSSR count). The van der Waals surface area contributed by atoms with Gasteiger partial charge in [0.15, 0.2) is 0 Å². The highest BCUT2D eigenvalue weighted by atomic mass is 16.6. The van der Waals surface area contributed by atoms with E-state index in [1.807, 2.05) is 6.07 Å². The van der Waals surface area contributed by atoms with E-state index in [4.69, 9.17) is 23.7 Å². The maximum atomic E-state index is 13.2. The highest BCUT2D eigenvalue weighted by Crippen LogP contribution is 2.41. The number of hydrogen-bond acceptors (Lipinski definition) is 11. The number of benzene rings is 2. The first kappa shape index (κ1) is 27.3. The summed E-state index contributed by atoms with van der Waals surface area (Å²) in [4.78, 5) is 40.9. The van der Waals surface area contributed by atoms with Crippen LogP contribution < -0.4 is 9.47 Å². The molecule has 12 nitrogen and oxygen atoms in total. The average molecular weight is 536 g/mol. The molecule has 0 N–H and O–H groups in total. The Morgan fingerprint density at radius 2 is 1.85 bits per heavy atom. The molecule has 3 atom stereocenters. The molecule has 2 aliphatic rings. The van der Waals surface area contributed by atoms with Crippen molar-refractivity contribution in [3.05, 3.63) is 75.5 Å². The Bertz CT molecular complexity index is 1360. The van der Waals surface area contributed by atoms with Gasteiger partial charge in [-0.2, -0.15) is 5.26 Å². The fourth-order valence-electron chi connectivity index (χ4n) is 4.15. The molecule has 2 aliphatic heterocycles. The number of non-ortho nitro benzene ring substituents is 1. The molecule has 0 saturated carbocycles. The van der Waals surface area contributed by atoms with E-state index in [9.17, 15) is 25.0 Å². The maximum Gasteiger partial charge on any atom is 0.336 e. The van der Waals surface area contributed by atoms with Crippen LogP contribution in [-0.4, -0.2) is 62.2 Å². The molecule has 3 unspecified atom stereocenters. The quantitative estimate of drug-likeness (QED) is 0.137. The monoisotopic (exact) mass is 535 g/mol. The van der Waals surface area contributed by atoms with Gasteiger partial charge in [-0.3, -0.25) is 14.9 Å². The molecule has 12 heteroatoms. The minimum atomic E-state index is -1.29. The van der Waals surface area contributed by atoms with E-state index in [0.717, 1.165) is 7.11 Å². The summed E-state index contributed by atoms with van der Waals surface area (Å²) in [5, 5.41) is 21.0. The van der Waals surface area contributed by atoms with E-state index in [-0.39, 0.29) is 47.6 Å². The largest absolute Gasteiger partial charge is 0.491 e. The summed E-state index contributed by atoms with van der Waals surface area (Å²) in [5.41, 5.74) is -0.00580. The lowest BCUT2D eigenvalue weighted by atomic mass is 9.75. The van der Waals surface area contributed by atoms with Crippen LogP contribution in [0, 0.1) is 27.4 Å². The first-order valence-corrected chi connectivity index (χ1v) is 12.0. The molecule has 0 spiro atoms. The van der Waals surface area contributed by atoms with Gasteiger partial charge in [0.2, 0.25) is 0 Å². The van der Waals surface area contributed by atoms with Gasteiger partial charge in [0, 0.05) is 23.7 Å². The van der Waals surface area contributed by atoms with Crippen molar-refractivity contribution >= 4 is 23.3 Å². The molecule has 1 fully saturated rings. The van der Waals surface area contributed by atoms with Gasteiger partial charge in [-0.15, -0.1) is 0 Å². The van der Waals surface area contributed by atoms with Crippen molar-refractivity contribution in [1.82, 2.24) is 0 Å². The number of methoxy groups -OCH3 is 1. The van der Waals surface area contributed by atoms with Crippen molar-refractivity contribution in [3.63, 3.8) is 0 Å². The predicted octanol–water partition coefficient (Wildman–Crippen LogP) is 3.12.